The Morgan fingerprint density at radius 2 is 1.43 bits per heavy atom. The standard InChI is InChI=1S/C28H32N2O5/c1-17-4-6-22(7-5-17)27-12-18-8-19(13-27)15-28(14-18,16-27)30-26(33)29-23-10-20(24(31)34-2)9-21(11-23)25(32)35-3/h4-7,9-11,18-19H,8,12-16H2,1-3H3,(H2,29,30,33)/t18-,19+,27?,28?. The van der Waals surface area contributed by atoms with Gasteiger partial charge in [-0.2, -0.15) is 0 Å². The maximum Gasteiger partial charge on any atom is 0.337 e. The average Bonchev–Trinajstić information content (AvgIpc) is 2.81. The molecule has 0 heterocycles. The highest BCUT2D eigenvalue weighted by atomic mass is 16.5. The number of benzene rings is 2. The number of aryl methyl sites for hydroxylation is 1. The Hall–Kier alpha value is -3.35. The van der Waals surface area contributed by atoms with Gasteiger partial charge in [-0.3, -0.25) is 0 Å². The van der Waals surface area contributed by atoms with Crippen LogP contribution in [0.3, 0.4) is 0 Å². The van der Waals surface area contributed by atoms with Crippen molar-refractivity contribution in [3.63, 3.8) is 0 Å². The maximum absolute atomic E-state index is 13.2. The second-order valence-corrected chi connectivity index (χ2v) is 10.7. The Morgan fingerprint density at radius 1 is 0.857 bits per heavy atom. The van der Waals surface area contributed by atoms with E-state index in [2.05, 4.69) is 41.8 Å². The van der Waals surface area contributed by atoms with Gasteiger partial charge in [0, 0.05) is 11.2 Å². The molecule has 7 nitrogen and oxygen atoms in total. The molecule has 184 valence electrons. The van der Waals surface area contributed by atoms with Crippen molar-refractivity contribution < 1.29 is 23.9 Å². The normalized spacial score (nSPS) is 28.3. The van der Waals surface area contributed by atoms with Crippen LogP contribution in [0.1, 0.15) is 70.4 Å². The van der Waals surface area contributed by atoms with Crippen molar-refractivity contribution in [2.45, 2.75) is 56.4 Å². The smallest absolute Gasteiger partial charge is 0.337 e. The van der Waals surface area contributed by atoms with Crippen molar-refractivity contribution >= 4 is 23.7 Å². The maximum atomic E-state index is 13.2. The average molecular weight is 477 g/mol. The van der Waals surface area contributed by atoms with Crippen LogP contribution in [0, 0.1) is 18.8 Å². The summed E-state index contributed by atoms with van der Waals surface area (Å²) in [6, 6.07) is 13.0. The van der Waals surface area contributed by atoms with Crippen LogP contribution in [0.4, 0.5) is 10.5 Å². The SMILES string of the molecule is COC(=O)c1cc(NC(=O)NC23C[C@H]4C[C@@H](C2)CC(c2ccc(C)cc2)(C4)C3)cc(C(=O)OC)c1. The summed E-state index contributed by atoms with van der Waals surface area (Å²) in [5.74, 6) is 0.0125. The second-order valence-electron chi connectivity index (χ2n) is 10.7. The first-order chi connectivity index (χ1) is 16.7. The van der Waals surface area contributed by atoms with E-state index in [1.807, 2.05) is 0 Å². The number of hydrogen-bond donors (Lipinski definition) is 2. The molecule has 7 heteroatoms. The van der Waals surface area contributed by atoms with E-state index in [0.717, 1.165) is 19.3 Å². The van der Waals surface area contributed by atoms with E-state index in [-0.39, 0.29) is 28.1 Å². The van der Waals surface area contributed by atoms with Gasteiger partial charge in [-0.05, 0) is 86.5 Å². The van der Waals surface area contributed by atoms with Crippen LogP contribution < -0.4 is 10.6 Å². The molecule has 35 heavy (non-hydrogen) atoms. The molecule has 4 atom stereocenters. The number of nitrogens with one attached hydrogen (secondary N) is 2. The van der Waals surface area contributed by atoms with Crippen LogP contribution in [0.25, 0.3) is 0 Å². The number of amides is 2. The first kappa shape index (κ1) is 23.4. The zero-order chi connectivity index (χ0) is 24.8. The van der Waals surface area contributed by atoms with Gasteiger partial charge in [0.05, 0.1) is 25.3 Å². The first-order valence-corrected chi connectivity index (χ1v) is 12.2. The van der Waals surface area contributed by atoms with E-state index in [0.29, 0.717) is 17.5 Å². The number of esters is 2. The number of carbonyl (C=O) groups is 3. The summed E-state index contributed by atoms with van der Waals surface area (Å²) in [7, 11) is 2.54. The first-order valence-electron chi connectivity index (χ1n) is 12.2. The van der Waals surface area contributed by atoms with Gasteiger partial charge in [-0.25, -0.2) is 14.4 Å². The van der Waals surface area contributed by atoms with Gasteiger partial charge in [-0.1, -0.05) is 29.8 Å². The molecule has 0 aromatic heterocycles. The highest BCUT2D eigenvalue weighted by Crippen LogP contribution is 2.62. The lowest BCUT2D eigenvalue weighted by molar-refractivity contribution is -0.0343. The Bertz CT molecular complexity index is 1120. The number of urea groups is 1. The summed E-state index contributed by atoms with van der Waals surface area (Å²) in [5.41, 5.74) is 3.16. The van der Waals surface area contributed by atoms with E-state index in [9.17, 15) is 14.4 Å². The van der Waals surface area contributed by atoms with Crippen LogP contribution in [-0.4, -0.2) is 37.7 Å². The van der Waals surface area contributed by atoms with E-state index in [4.69, 9.17) is 9.47 Å². The largest absolute Gasteiger partial charge is 0.465 e. The van der Waals surface area contributed by atoms with Crippen molar-refractivity contribution in [1.82, 2.24) is 5.32 Å². The zero-order valence-corrected chi connectivity index (χ0v) is 20.5. The van der Waals surface area contributed by atoms with Crippen LogP contribution in [-0.2, 0) is 14.9 Å². The lowest BCUT2D eigenvalue weighted by Gasteiger charge is -2.62. The molecule has 2 aromatic carbocycles. The summed E-state index contributed by atoms with van der Waals surface area (Å²) in [6.45, 7) is 2.11. The topological polar surface area (TPSA) is 93.7 Å². The minimum absolute atomic E-state index is 0.105. The van der Waals surface area contributed by atoms with E-state index in [1.54, 1.807) is 0 Å². The molecule has 4 fully saturated rings. The van der Waals surface area contributed by atoms with Gasteiger partial charge < -0.3 is 20.1 Å². The Morgan fingerprint density at radius 3 is 1.97 bits per heavy atom. The van der Waals surface area contributed by atoms with Gasteiger partial charge in [0.1, 0.15) is 0 Å². The Labute approximate surface area is 205 Å². The number of methoxy groups -OCH3 is 2. The summed E-state index contributed by atoms with van der Waals surface area (Å²) in [5, 5.41) is 6.17. The molecular weight excluding hydrogens is 444 g/mol. The third kappa shape index (κ3) is 4.40. The number of hydrogen-bond acceptors (Lipinski definition) is 5. The third-order valence-corrected chi connectivity index (χ3v) is 8.14. The molecule has 2 unspecified atom stereocenters. The molecule has 4 saturated carbocycles. The molecule has 0 aliphatic heterocycles. The monoisotopic (exact) mass is 476 g/mol. The lowest BCUT2D eigenvalue weighted by atomic mass is 9.45. The fourth-order valence-corrected chi connectivity index (χ4v) is 7.23. The van der Waals surface area contributed by atoms with Crippen LogP contribution in [0.15, 0.2) is 42.5 Å². The third-order valence-electron chi connectivity index (χ3n) is 8.14. The number of rotatable bonds is 5. The molecule has 4 aliphatic rings. The van der Waals surface area contributed by atoms with Crippen molar-refractivity contribution in [2.75, 3.05) is 19.5 Å². The van der Waals surface area contributed by atoms with E-state index >= 15 is 0 Å². The zero-order valence-electron chi connectivity index (χ0n) is 20.5. The molecule has 2 N–H and O–H groups in total. The van der Waals surface area contributed by atoms with Crippen molar-refractivity contribution in [3.05, 3.63) is 64.7 Å². The number of carbonyl (C=O) groups excluding carboxylic acids is 3. The van der Waals surface area contributed by atoms with Crippen molar-refractivity contribution in [1.29, 1.82) is 0 Å². The summed E-state index contributed by atoms with van der Waals surface area (Å²) < 4.78 is 9.59. The van der Waals surface area contributed by atoms with Crippen LogP contribution in [0.2, 0.25) is 0 Å². The molecule has 2 aromatic rings. The Kier molecular flexibility index (Phi) is 5.82. The van der Waals surface area contributed by atoms with Crippen molar-refractivity contribution in [3.8, 4) is 0 Å². The Balaban J connectivity index is 1.38. The summed E-state index contributed by atoms with van der Waals surface area (Å²) in [6.07, 6.45) is 6.50. The van der Waals surface area contributed by atoms with Gasteiger partial charge >= 0.3 is 18.0 Å². The minimum Gasteiger partial charge on any atom is -0.465 e. The van der Waals surface area contributed by atoms with Crippen LogP contribution in [0.5, 0.6) is 0 Å². The molecule has 0 spiro atoms. The lowest BCUT2D eigenvalue weighted by Crippen LogP contribution is -2.64. The van der Waals surface area contributed by atoms with Gasteiger partial charge in [-0.15, -0.1) is 0 Å². The molecule has 0 saturated heterocycles. The summed E-state index contributed by atoms with van der Waals surface area (Å²) in [4.78, 5) is 37.4. The molecular formula is C28H32N2O5. The predicted octanol–water partition coefficient (Wildman–Crippen LogP) is 4.98. The highest BCUT2D eigenvalue weighted by molar-refractivity contribution is 5.99. The second kappa shape index (κ2) is 8.70. The predicted molar refractivity (Wildman–Crippen MR) is 132 cm³/mol. The van der Waals surface area contributed by atoms with E-state index in [1.165, 1.54) is 62.8 Å². The summed E-state index contributed by atoms with van der Waals surface area (Å²) >= 11 is 0. The minimum atomic E-state index is -0.597. The van der Waals surface area contributed by atoms with Crippen molar-refractivity contribution in [2.24, 2.45) is 11.8 Å². The molecule has 4 aliphatic carbocycles. The number of anilines is 1. The number of ether oxygens (including phenoxy) is 2. The fraction of sp³-hybridized carbons (Fsp3) is 0.464. The van der Waals surface area contributed by atoms with Crippen LogP contribution >= 0.6 is 0 Å². The molecule has 0 radical (unpaired) electrons. The van der Waals surface area contributed by atoms with Gasteiger partial charge in [0.2, 0.25) is 0 Å². The van der Waals surface area contributed by atoms with Gasteiger partial charge in [0.15, 0.2) is 0 Å². The fourth-order valence-electron chi connectivity index (χ4n) is 7.23. The van der Waals surface area contributed by atoms with Gasteiger partial charge in [0.25, 0.3) is 0 Å². The molecule has 4 bridgehead atoms. The van der Waals surface area contributed by atoms with E-state index < -0.39 is 11.9 Å². The molecule has 6 rings (SSSR count). The quantitative estimate of drug-likeness (QED) is 0.594. The highest BCUT2D eigenvalue weighted by Gasteiger charge is 2.58. The molecule has 2 amide bonds.